The van der Waals surface area contributed by atoms with Crippen molar-refractivity contribution in [2.45, 2.75) is 69.5 Å². The van der Waals surface area contributed by atoms with Crippen LogP contribution in [0.15, 0.2) is 54.6 Å². The first-order valence-corrected chi connectivity index (χ1v) is 11.7. The van der Waals surface area contributed by atoms with E-state index in [0.29, 0.717) is 18.6 Å². The molecular weight excluding hydrogens is 414 g/mol. The summed E-state index contributed by atoms with van der Waals surface area (Å²) in [7, 11) is 0. The van der Waals surface area contributed by atoms with Gasteiger partial charge in [-0.15, -0.1) is 6.58 Å². The van der Waals surface area contributed by atoms with Gasteiger partial charge in [-0.3, -0.25) is 4.79 Å². The molecule has 1 aromatic carbocycles. The lowest BCUT2D eigenvalue weighted by Gasteiger charge is -2.43. The number of aliphatic hydroxyl groups is 1. The first kappa shape index (κ1) is 23.6. The van der Waals surface area contributed by atoms with Crippen LogP contribution in [-0.4, -0.2) is 46.1 Å². The number of nitrogens with one attached hydrogen (secondary N) is 1. The van der Waals surface area contributed by atoms with Crippen LogP contribution in [0.4, 0.5) is 4.79 Å². The number of amides is 1. The van der Waals surface area contributed by atoms with E-state index < -0.39 is 23.9 Å². The van der Waals surface area contributed by atoms with Crippen LogP contribution in [0.3, 0.4) is 0 Å². The summed E-state index contributed by atoms with van der Waals surface area (Å²) in [4.78, 5) is 24.1. The Labute approximate surface area is 188 Å². The maximum Gasteiger partial charge on any atom is 0.330 e. The molecule has 168 valence electrons. The normalized spacial score (nSPS) is 28.8. The van der Waals surface area contributed by atoms with Crippen molar-refractivity contribution in [3.05, 3.63) is 60.2 Å². The molecule has 1 aromatic rings. The van der Waals surface area contributed by atoms with Crippen molar-refractivity contribution < 1.29 is 24.2 Å². The number of hydrogen-bond acceptors (Lipinski definition) is 6. The topological polar surface area (TPSA) is 84.9 Å². The number of rotatable bonds is 9. The highest BCUT2D eigenvalue weighted by molar-refractivity contribution is 8.14. The van der Waals surface area contributed by atoms with Gasteiger partial charge < -0.3 is 19.9 Å². The van der Waals surface area contributed by atoms with Crippen LogP contribution in [0.25, 0.3) is 0 Å². The molecule has 0 aromatic heterocycles. The van der Waals surface area contributed by atoms with Crippen LogP contribution in [0, 0.1) is 0 Å². The Balaban J connectivity index is 1.67. The Morgan fingerprint density at radius 1 is 1.42 bits per heavy atom. The van der Waals surface area contributed by atoms with E-state index in [0.717, 1.165) is 36.6 Å². The van der Waals surface area contributed by atoms with Gasteiger partial charge in [-0.2, -0.15) is 0 Å². The second-order valence-electron chi connectivity index (χ2n) is 8.22. The number of esters is 1. The molecule has 2 fully saturated rings. The molecule has 1 amide bonds. The number of hydrogen-bond donors (Lipinski definition) is 2. The molecule has 2 aliphatic rings. The number of benzene rings is 1. The summed E-state index contributed by atoms with van der Waals surface area (Å²) in [6.07, 6.45) is 6.20. The molecule has 0 aliphatic carbocycles. The molecule has 2 heterocycles. The second-order valence-corrected chi connectivity index (χ2v) is 9.21. The lowest BCUT2D eigenvalue weighted by molar-refractivity contribution is -0.283. The Morgan fingerprint density at radius 3 is 2.87 bits per heavy atom. The Morgan fingerprint density at radius 2 is 2.19 bits per heavy atom. The van der Waals surface area contributed by atoms with Crippen LogP contribution < -0.4 is 5.32 Å². The number of thioether (sulfide) groups is 1. The summed E-state index contributed by atoms with van der Waals surface area (Å²) in [6, 6.07) is 9.53. The monoisotopic (exact) mass is 445 g/mol. The minimum absolute atomic E-state index is 0.131. The van der Waals surface area contributed by atoms with Gasteiger partial charge in [-0.05, 0) is 38.2 Å². The Kier molecular flexibility index (Phi) is 8.35. The minimum Gasteiger partial charge on any atom is -0.459 e. The van der Waals surface area contributed by atoms with Gasteiger partial charge in [-0.25, -0.2) is 4.79 Å². The average molecular weight is 446 g/mol. The standard InChI is InChI=1S/C24H31NO5S/c1-3-4-8-17(2)13-22(26)29-20-14-19(12-11-18-9-6-5-7-10-18)30-24(28,15-20)21-16-31-23(27)25-21/h3,5-7,9-10,13,19-21,28H,1,4,8,11-12,14-16H2,2H3,(H,25,27)/t19-,20-,21+,24-/m1/s1. The lowest BCUT2D eigenvalue weighted by Crippen LogP contribution is -2.58. The van der Waals surface area contributed by atoms with E-state index in [2.05, 4.69) is 24.0 Å². The van der Waals surface area contributed by atoms with E-state index in [9.17, 15) is 14.7 Å². The molecular formula is C24H31NO5S. The lowest BCUT2D eigenvalue weighted by atomic mass is 9.91. The number of aryl methyl sites for hydroxylation is 1. The third kappa shape index (κ3) is 6.95. The van der Waals surface area contributed by atoms with Gasteiger partial charge >= 0.3 is 5.97 Å². The Bertz CT molecular complexity index is 811. The van der Waals surface area contributed by atoms with Gasteiger partial charge in [0.25, 0.3) is 5.24 Å². The summed E-state index contributed by atoms with van der Waals surface area (Å²) in [6.45, 7) is 5.58. The molecule has 7 heteroatoms. The number of carbonyl (C=O) groups excluding carboxylic acids is 2. The van der Waals surface area contributed by atoms with E-state index in [1.807, 2.05) is 31.2 Å². The van der Waals surface area contributed by atoms with Gasteiger partial charge in [0.1, 0.15) is 6.10 Å². The molecule has 0 saturated carbocycles. The summed E-state index contributed by atoms with van der Waals surface area (Å²) in [5, 5.41) is 13.9. The van der Waals surface area contributed by atoms with Crippen molar-refractivity contribution in [3.63, 3.8) is 0 Å². The maximum absolute atomic E-state index is 12.4. The van der Waals surface area contributed by atoms with Crippen LogP contribution in [0.5, 0.6) is 0 Å². The zero-order valence-corrected chi connectivity index (χ0v) is 18.7. The van der Waals surface area contributed by atoms with Crippen LogP contribution in [-0.2, 0) is 20.7 Å². The van der Waals surface area contributed by atoms with Crippen molar-refractivity contribution >= 4 is 23.0 Å². The van der Waals surface area contributed by atoms with E-state index in [4.69, 9.17) is 9.47 Å². The summed E-state index contributed by atoms with van der Waals surface area (Å²) in [5.41, 5.74) is 2.10. The summed E-state index contributed by atoms with van der Waals surface area (Å²) >= 11 is 1.12. The van der Waals surface area contributed by atoms with E-state index in [1.54, 1.807) is 0 Å². The highest BCUT2D eigenvalue weighted by Crippen LogP contribution is 2.36. The summed E-state index contributed by atoms with van der Waals surface area (Å²) in [5.74, 6) is -1.56. The smallest absolute Gasteiger partial charge is 0.330 e. The molecule has 2 aliphatic heterocycles. The summed E-state index contributed by atoms with van der Waals surface area (Å²) < 4.78 is 11.8. The van der Waals surface area contributed by atoms with Crippen LogP contribution >= 0.6 is 11.8 Å². The first-order chi connectivity index (χ1) is 14.9. The number of carbonyl (C=O) groups is 2. The quantitative estimate of drug-likeness (QED) is 0.338. The van der Waals surface area contributed by atoms with Gasteiger partial charge in [0.2, 0.25) is 0 Å². The fraction of sp³-hybridized carbons (Fsp3) is 0.500. The predicted molar refractivity (Wildman–Crippen MR) is 122 cm³/mol. The molecule has 0 unspecified atom stereocenters. The predicted octanol–water partition coefficient (Wildman–Crippen LogP) is 4.14. The molecule has 0 spiro atoms. The first-order valence-electron chi connectivity index (χ1n) is 10.7. The van der Waals surface area contributed by atoms with E-state index >= 15 is 0 Å². The molecule has 0 radical (unpaired) electrons. The zero-order chi connectivity index (χ0) is 22.3. The van der Waals surface area contributed by atoms with Crippen molar-refractivity contribution in [2.24, 2.45) is 0 Å². The fourth-order valence-electron chi connectivity index (χ4n) is 3.98. The average Bonchev–Trinajstić information content (AvgIpc) is 3.18. The Hall–Kier alpha value is -2.09. The second kappa shape index (κ2) is 11.0. The largest absolute Gasteiger partial charge is 0.459 e. The van der Waals surface area contributed by atoms with Gasteiger partial charge in [0.05, 0.1) is 12.1 Å². The van der Waals surface area contributed by atoms with Crippen molar-refractivity contribution in [2.75, 3.05) is 5.75 Å². The van der Waals surface area contributed by atoms with E-state index in [-0.39, 0.29) is 17.8 Å². The molecule has 2 saturated heterocycles. The van der Waals surface area contributed by atoms with Crippen LogP contribution in [0.2, 0.25) is 0 Å². The number of allylic oxidation sites excluding steroid dienone is 2. The van der Waals surface area contributed by atoms with Gasteiger partial charge in [0.15, 0.2) is 5.79 Å². The van der Waals surface area contributed by atoms with E-state index in [1.165, 1.54) is 11.6 Å². The molecule has 3 rings (SSSR count). The van der Waals surface area contributed by atoms with Crippen LogP contribution in [0.1, 0.15) is 44.6 Å². The zero-order valence-electron chi connectivity index (χ0n) is 17.9. The highest BCUT2D eigenvalue weighted by Gasteiger charge is 2.49. The third-order valence-electron chi connectivity index (χ3n) is 5.62. The molecule has 31 heavy (non-hydrogen) atoms. The maximum atomic E-state index is 12.4. The number of ether oxygens (including phenoxy) is 2. The fourth-order valence-corrected chi connectivity index (χ4v) is 4.87. The minimum atomic E-state index is -1.56. The van der Waals surface area contributed by atoms with Gasteiger partial charge in [0, 0.05) is 24.7 Å². The molecule has 0 bridgehead atoms. The highest BCUT2D eigenvalue weighted by atomic mass is 32.2. The third-order valence-corrected chi connectivity index (χ3v) is 6.50. The SMILES string of the molecule is C=CCCC(C)=CC(=O)O[C@@H]1C[C@@H](CCc2ccccc2)O[C@@](O)([C@@H]2CSC(=O)N2)C1. The van der Waals surface area contributed by atoms with Crippen molar-refractivity contribution in [1.29, 1.82) is 0 Å². The van der Waals surface area contributed by atoms with Crippen molar-refractivity contribution in [3.8, 4) is 0 Å². The molecule has 4 atom stereocenters. The molecule has 6 nitrogen and oxygen atoms in total. The van der Waals surface area contributed by atoms with Crippen molar-refractivity contribution in [1.82, 2.24) is 5.32 Å². The van der Waals surface area contributed by atoms with Gasteiger partial charge in [-0.1, -0.05) is 53.7 Å². The molecule has 2 N–H and O–H groups in total.